The summed E-state index contributed by atoms with van der Waals surface area (Å²) < 4.78 is 5.16. The van der Waals surface area contributed by atoms with Gasteiger partial charge in [0.2, 0.25) is 0 Å². The molecular formula is C17H16N4O2. The average molecular weight is 308 g/mol. The number of rotatable bonds is 6. The first kappa shape index (κ1) is 14.8. The fourth-order valence-corrected chi connectivity index (χ4v) is 2.00. The Morgan fingerprint density at radius 1 is 1.04 bits per heavy atom. The molecule has 116 valence electrons. The molecule has 3 heterocycles. The van der Waals surface area contributed by atoms with Gasteiger partial charge in [0.15, 0.2) is 0 Å². The number of furan rings is 1. The van der Waals surface area contributed by atoms with Gasteiger partial charge in [0.1, 0.15) is 11.5 Å². The third-order valence-electron chi connectivity index (χ3n) is 3.20. The highest BCUT2D eigenvalue weighted by atomic mass is 16.3. The predicted octanol–water partition coefficient (Wildman–Crippen LogP) is 2.61. The van der Waals surface area contributed by atoms with Crippen molar-refractivity contribution in [3.05, 3.63) is 78.3 Å². The number of hydrogen-bond donors (Lipinski definition) is 2. The number of nitrogens with one attached hydrogen (secondary N) is 2. The van der Waals surface area contributed by atoms with Gasteiger partial charge in [0.05, 0.1) is 36.9 Å². The van der Waals surface area contributed by atoms with E-state index in [0.717, 1.165) is 11.4 Å². The van der Waals surface area contributed by atoms with Gasteiger partial charge >= 0.3 is 0 Å². The highest BCUT2D eigenvalue weighted by Crippen LogP contribution is 2.08. The van der Waals surface area contributed by atoms with E-state index in [-0.39, 0.29) is 5.91 Å². The van der Waals surface area contributed by atoms with E-state index in [1.165, 1.54) is 0 Å². The monoisotopic (exact) mass is 308 g/mol. The summed E-state index contributed by atoms with van der Waals surface area (Å²) in [6, 6.07) is 12.8. The average Bonchev–Trinajstić information content (AvgIpc) is 3.13. The molecule has 6 nitrogen and oxygen atoms in total. The molecule has 0 atom stereocenters. The number of carbonyl (C=O) groups is 1. The summed E-state index contributed by atoms with van der Waals surface area (Å²) in [6.45, 7) is 0.944. The van der Waals surface area contributed by atoms with E-state index in [2.05, 4.69) is 20.6 Å². The molecule has 0 aliphatic heterocycles. The van der Waals surface area contributed by atoms with Crippen molar-refractivity contribution < 1.29 is 9.21 Å². The van der Waals surface area contributed by atoms with Gasteiger partial charge in [-0.1, -0.05) is 6.07 Å². The van der Waals surface area contributed by atoms with Gasteiger partial charge in [-0.2, -0.15) is 0 Å². The molecule has 0 saturated heterocycles. The molecule has 0 spiro atoms. The number of nitrogens with zero attached hydrogens (tertiary/aromatic N) is 2. The van der Waals surface area contributed by atoms with E-state index in [0.29, 0.717) is 24.5 Å². The lowest BCUT2D eigenvalue weighted by Gasteiger charge is -2.07. The lowest BCUT2D eigenvalue weighted by Crippen LogP contribution is -2.23. The Balaban J connectivity index is 1.53. The van der Waals surface area contributed by atoms with Crippen LogP contribution >= 0.6 is 0 Å². The predicted molar refractivity (Wildman–Crippen MR) is 85.7 cm³/mol. The molecule has 0 aliphatic carbocycles. The number of aromatic nitrogens is 2. The first-order chi connectivity index (χ1) is 11.3. The number of amides is 1. The first-order valence-electron chi connectivity index (χ1n) is 7.22. The van der Waals surface area contributed by atoms with Gasteiger partial charge < -0.3 is 15.1 Å². The van der Waals surface area contributed by atoms with Crippen LogP contribution in [0.4, 0.5) is 5.69 Å². The lowest BCUT2D eigenvalue weighted by atomic mass is 10.3. The van der Waals surface area contributed by atoms with Crippen LogP contribution in [0.15, 0.2) is 65.5 Å². The van der Waals surface area contributed by atoms with Crippen molar-refractivity contribution in [2.24, 2.45) is 0 Å². The third kappa shape index (κ3) is 4.16. The summed E-state index contributed by atoms with van der Waals surface area (Å²) in [7, 11) is 0. The van der Waals surface area contributed by atoms with Crippen molar-refractivity contribution in [2.45, 2.75) is 13.1 Å². The molecule has 0 radical (unpaired) electrons. The molecule has 0 aliphatic rings. The molecule has 1 amide bonds. The smallest absolute Gasteiger partial charge is 0.270 e. The van der Waals surface area contributed by atoms with Gasteiger partial charge in [-0.15, -0.1) is 0 Å². The molecule has 23 heavy (non-hydrogen) atoms. The van der Waals surface area contributed by atoms with E-state index < -0.39 is 0 Å². The minimum Gasteiger partial charge on any atom is -0.467 e. The zero-order valence-electron chi connectivity index (χ0n) is 12.4. The Bertz CT molecular complexity index is 740. The van der Waals surface area contributed by atoms with Crippen LogP contribution in [0.3, 0.4) is 0 Å². The van der Waals surface area contributed by atoms with E-state index in [1.54, 1.807) is 36.9 Å². The second kappa shape index (κ2) is 7.22. The number of carbonyl (C=O) groups excluding carboxylic acids is 1. The van der Waals surface area contributed by atoms with Crippen molar-refractivity contribution in [1.29, 1.82) is 0 Å². The maximum absolute atomic E-state index is 12.0. The Labute approximate surface area is 133 Å². The number of hydrogen-bond acceptors (Lipinski definition) is 5. The molecule has 0 saturated carbocycles. The van der Waals surface area contributed by atoms with Gasteiger partial charge in [0.25, 0.3) is 5.91 Å². The van der Waals surface area contributed by atoms with E-state index in [1.807, 2.05) is 24.3 Å². The largest absolute Gasteiger partial charge is 0.467 e. The SMILES string of the molecule is O=C(NCc1ccco1)c1ccc(NCc2ccccn2)cn1. The standard InChI is InChI=1S/C17H16N4O2/c22-17(21-12-15-5-3-9-23-15)16-7-6-14(11-20-16)19-10-13-4-1-2-8-18-13/h1-9,11,19H,10,12H2,(H,21,22). The zero-order valence-corrected chi connectivity index (χ0v) is 12.4. The lowest BCUT2D eigenvalue weighted by molar-refractivity contribution is 0.0943. The maximum Gasteiger partial charge on any atom is 0.270 e. The highest BCUT2D eigenvalue weighted by Gasteiger charge is 2.07. The van der Waals surface area contributed by atoms with Crippen LogP contribution in [0, 0.1) is 0 Å². The van der Waals surface area contributed by atoms with Gasteiger partial charge in [0, 0.05) is 6.20 Å². The van der Waals surface area contributed by atoms with Gasteiger partial charge in [-0.3, -0.25) is 9.78 Å². The van der Waals surface area contributed by atoms with Crippen molar-refractivity contribution in [2.75, 3.05) is 5.32 Å². The Hall–Kier alpha value is -3.15. The van der Waals surface area contributed by atoms with Crippen LogP contribution < -0.4 is 10.6 Å². The number of pyridine rings is 2. The van der Waals surface area contributed by atoms with Crippen molar-refractivity contribution in [3.8, 4) is 0 Å². The minimum atomic E-state index is -0.238. The van der Waals surface area contributed by atoms with Crippen LogP contribution in [0.5, 0.6) is 0 Å². The fraction of sp³-hybridized carbons (Fsp3) is 0.118. The molecule has 3 rings (SSSR count). The molecule has 0 fully saturated rings. The van der Waals surface area contributed by atoms with Gasteiger partial charge in [-0.25, -0.2) is 4.98 Å². The summed E-state index contributed by atoms with van der Waals surface area (Å²) >= 11 is 0. The highest BCUT2D eigenvalue weighted by molar-refractivity contribution is 5.92. The Kier molecular flexibility index (Phi) is 4.63. The third-order valence-corrected chi connectivity index (χ3v) is 3.20. The molecule has 0 bridgehead atoms. The summed E-state index contributed by atoms with van der Waals surface area (Å²) in [5.74, 6) is 0.463. The van der Waals surface area contributed by atoms with Gasteiger partial charge in [-0.05, 0) is 36.4 Å². The quantitative estimate of drug-likeness (QED) is 0.731. The van der Waals surface area contributed by atoms with Crippen molar-refractivity contribution in [3.63, 3.8) is 0 Å². The topological polar surface area (TPSA) is 80.0 Å². The van der Waals surface area contributed by atoms with E-state index in [9.17, 15) is 4.79 Å². The fourth-order valence-electron chi connectivity index (χ4n) is 2.00. The Morgan fingerprint density at radius 3 is 2.70 bits per heavy atom. The minimum absolute atomic E-state index is 0.238. The first-order valence-corrected chi connectivity index (χ1v) is 7.22. The zero-order chi connectivity index (χ0) is 15.9. The number of anilines is 1. The molecule has 0 unspecified atom stereocenters. The summed E-state index contributed by atoms with van der Waals surface area (Å²) in [4.78, 5) is 20.4. The molecule has 3 aromatic heterocycles. The van der Waals surface area contributed by atoms with Crippen LogP contribution in [0.25, 0.3) is 0 Å². The second-order valence-corrected chi connectivity index (χ2v) is 4.87. The summed E-state index contributed by atoms with van der Waals surface area (Å²) in [5, 5.41) is 5.96. The Morgan fingerprint density at radius 2 is 2.00 bits per heavy atom. The van der Waals surface area contributed by atoms with Crippen LogP contribution in [-0.2, 0) is 13.1 Å². The maximum atomic E-state index is 12.0. The van der Waals surface area contributed by atoms with Crippen LogP contribution in [0.1, 0.15) is 21.9 Å². The molecular weight excluding hydrogens is 292 g/mol. The van der Waals surface area contributed by atoms with Crippen LogP contribution in [0.2, 0.25) is 0 Å². The summed E-state index contributed by atoms with van der Waals surface area (Å²) in [6.07, 6.45) is 4.95. The van der Waals surface area contributed by atoms with Crippen molar-refractivity contribution in [1.82, 2.24) is 15.3 Å². The van der Waals surface area contributed by atoms with E-state index >= 15 is 0 Å². The molecule has 0 aromatic carbocycles. The van der Waals surface area contributed by atoms with Crippen LogP contribution in [-0.4, -0.2) is 15.9 Å². The summed E-state index contributed by atoms with van der Waals surface area (Å²) in [5.41, 5.74) is 2.13. The van der Waals surface area contributed by atoms with E-state index in [4.69, 9.17) is 4.42 Å². The molecule has 2 N–H and O–H groups in total. The molecule has 3 aromatic rings. The normalized spacial score (nSPS) is 10.3. The molecule has 6 heteroatoms. The second-order valence-electron chi connectivity index (χ2n) is 4.87. The van der Waals surface area contributed by atoms with Crippen molar-refractivity contribution >= 4 is 11.6 Å².